The average molecular weight is 415 g/mol. The topological polar surface area (TPSA) is 58.7 Å². The lowest BCUT2D eigenvalue weighted by molar-refractivity contribution is -0.145. The Labute approximate surface area is 173 Å². The number of rotatable bonds is 6. The second-order valence-electron chi connectivity index (χ2n) is 8.06. The fourth-order valence-corrected chi connectivity index (χ4v) is 4.26. The van der Waals surface area contributed by atoms with E-state index in [0.717, 1.165) is 37.5 Å². The molecule has 2 aromatic rings. The number of hydrogen-bond donors (Lipinski definition) is 1. The van der Waals surface area contributed by atoms with Gasteiger partial charge >= 0.3 is 0 Å². The van der Waals surface area contributed by atoms with Crippen LogP contribution >= 0.6 is 0 Å². The maximum atomic E-state index is 14.7. The first-order valence-corrected chi connectivity index (χ1v) is 10.2. The van der Waals surface area contributed by atoms with E-state index < -0.39 is 23.3 Å². The van der Waals surface area contributed by atoms with Crippen LogP contribution < -0.4 is 5.73 Å². The van der Waals surface area contributed by atoms with Gasteiger partial charge in [-0.15, -0.1) is 0 Å². The molecule has 0 saturated heterocycles. The van der Waals surface area contributed by atoms with E-state index in [1.807, 2.05) is 18.2 Å². The molecule has 1 fully saturated rings. The number of benzene rings is 2. The molecule has 0 bridgehead atoms. The monoisotopic (exact) mass is 415 g/mol. The van der Waals surface area contributed by atoms with Crippen LogP contribution in [-0.2, 0) is 10.3 Å². The minimum absolute atomic E-state index is 0.0117. The summed E-state index contributed by atoms with van der Waals surface area (Å²) < 4.78 is 43.0. The molecule has 2 aliphatic rings. The molecular formula is C23H24F3N3O. The quantitative estimate of drug-likeness (QED) is 0.766. The van der Waals surface area contributed by atoms with Crippen LogP contribution in [0.15, 0.2) is 53.6 Å². The molecule has 1 aliphatic carbocycles. The van der Waals surface area contributed by atoms with Gasteiger partial charge in [0.25, 0.3) is 0 Å². The molecule has 0 spiro atoms. The molecule has 0 unspecified atom stereocenters. The largest absolute Gasteiger partial charge is 0.328 e. The van der Waals surface area contributed by atoms with Crippen LogP contribution in [0.1, 0.15) is 43.2 Å². The van der Waals surface area contributed by atoms with E-state index in [1.165, 1.54) is 5.01 Å². The highest BCUT2D eigenvalue weighted by molar-refractivity contribution is 6.04. The lowest BCUT2D eigenvalue weighted by Gasteiger charge is -2.40. The maximum absolute atomic E-state index is 14.7. The first-order valence-electron chi connectivity index (χ1n) is 10.2. The number of amides is 1. The molecule has 1 heterocycles. The van der Waals surface area contributed by atoms with Gasteiger partial charge in [-0.25, -0.2) is 18.2 Å². The van der Waals surface area contributed by atoms with E-state index in [2.05, 4.69) is 5.10 Å². The number of alkyl halides is 1. The predicted octanol–water partition coefficient (Wildman–Crippen LogP) is 4.28. The number of nitrogens with zero attached hydrogens (tertiary/aromatic N) is 2. The zero-order valence-electron chi connectivity index (χ0n) is 16.5. The Morgan fingerprint density at radius 1 is 1.20 bits per heavy atom. The van der Waals surface area contributed by atoms with Gasteiger partial charge in [0.1, 0.15) is 17.8 Å². The van der Waals surface area contributed by atoms with Crippen LogP contribution in [0.5, 0.6) is 0 Å². The van der Waals surface area contributed by atoms with E-state index in [0.29, 0.717) is 5.56 Å². The Morgan fingerprint density at radius 3 is 2.57 bits per heavy atom. The van der Waals surface area contributed by atoms with Gasteiger partial charge in [-0.3, -0.25) is 4.79 Å². The van der Waals surface area contributed by atoms with Gasteiger partial charge < -0.3 is 5.73 Å². The summed E-state index contributed by atoms with van der Waals surface area (Å²) in [5, 5.41) is 5.79. The zero-order valence-corrected chi connectivity index (χ0v) is 16.5. The lowest BCUT2D eigenvalue weighted by atomic mass is 9.78. The van der Waals surface area contributed by atoms with Gasteiger partial charge in [-0.05, 0) is 36.6 Å². The predicted molar refractivity (Wildman–Crippen MR) is 108 cm³/mol. The number of hydrogen-bond acceptors (Lipinski definition) is 3. The molecule has 4 rings (SSSR count). The second-order valence-corrected chi connectivity index (χ2v) is 8.06. The first-order chi connectivity index (χ1) is 14.4. The summed E-state index contributed by atoms with van der Waals surface area (Å²) in [5.74, 6) is -1.63. The Morgan fingerprint density at radius 2 is 1.93 bits per heavy atom. The minimum atomic E-state index is -1.38. The van der Waals surface area contributed by atoms with Crippen LogP contribution in [-0.4, -0.2) is 29.3 Å². The second kappa shape index (κ2) is 8.22. The normalized spacial score (nSPS) is 22.5. The molecule has 2 aromatic carbocycles. The van der Waals surface area contributed by atoms with Gasteiger partial charge in [-0.2, -0.15) is 5.10 Å². The summed E-state index contributed by atoms with van der Waals surface area (Å²) >= 11 is 0. The van der Waals surface area contributed by atoms with Crippen molar-refractivity contribution < 1.29 is 18.0 Å². The number of halogens is 3. The molecule has 0 aromatic heterocycles. The lowest BCUT2D eigenvalue weighted by Crippen LogP contribution is -2.49. The molecule has 2 N–H and O–H groups in total. The van der Waals surface area contributed by atoms with Crippen molar-refractivity contribution in [3.05, 3.63) is 71.3 Å². The van der Waals surface area contributed by atoms with E-state index >= 15 is 0 Å². The van der Waals surface area contributed by atoms with Gasteiger partial charge in [0.05, 0.1) is 11.3 Å². The van der Waals surface area contributed by atoms with Crippen molar-refractivity contribution in [1.29, 1.82) is 0 Å². The van der Waals surface area contributed by atoms with E-state index in [-0.39, 0.29) is 42.5 Å². The fraction of sp³-hybridized carbons (Fsp3) is 0.391. The van der Waals surface area contributed by atoms with Crippen LogP contribution in [0, 0.1) is 17.6 Å². The van der Waals surface area contributed by atoms with Gasteiger partial charge in [0, 0.05) is 30.9 Å². The van der Waals surface area contributed by atoms with Crippen molar-refractivity contribution in [3.8, 4) is 0 Å². The highest BCUT2D eigenvalue weighted by Gasteiger charge is 2.50. The van der Waals surface area contributed by atoms with Gasteiger partial charge in [-0.1, -0.05) is 36.8 Å². The fourth-order valence-electron chi connectivity index (χ4n) is 4.26. The summed E-state index contributed by atoms with van der Waals surface area (Å²) in [6.45, 7) is -0.205. The molecule has 158 valence electrons. The maximum Gasteiger partial charge on any atom is 0.246 e. The third-order valence-electron chi connectivity index (χ3n) is 6.11. The SMILES string of the molecule is NC[C@@H](F)C[C@@]1(c2ccccc2)CC(c2cc(F)ccc2F)=NN1C(=O)C1CCC1. The standard InChI is InChI=1S/C23H24F3N3O/c24-17-9-10-20(26)19(11-17)21-13-23(12-18(25)14-27,16-7-2-1-3-8-16)29(28-21)22(30)15-5-4-6-15/h1-3,7-11,15,18H,4-6,12-14,27H2/t18-,23-/m0/s1. The summed E-state index contributed by atoms with van der Waals surface area (Å²) in [6.07, 6.45) is 1.07. The molecule has 1 saturated carbocycles. The number of carbonyl (C=O) groups is 1. The number of hydrazone groups is 1. The molecule has 1 amide bonds. The van der Waals surface area contributed by atoms with Crippen LogP contribution in [0.3, 0.4) is 0 Å². The Bertz CT molecular complexity index is 961. The third kappa shape index (κ3) is 3.62. The molecule has 0 radical (unpaired) electrons. The zero-order chi connectivity index (χ0) is 21.3. The summed E-state index contributed by atoms with van der Waals surface area (Å²) in [7, 11) is 0. The van der Waals surface area contributed by atoms with Crippen molar-refractivity contribution in [1.82, 2.24) is 5.01 Å². The average Bonchev–Trinajstić information content (AvgIpc) is 3.09. The Hall–Kier alpha value is -2.67. The van der Waals surface area contributed by atoms with Crippen LogP contribution in [0.4, 0.5) is 13.2 Å². The van der Waals surface area contributed by atoms with Crippen molar-refractivity contribution in [3.63, 3.8) is 0 Å². The van der Waals surface area contributed by atoms with E-state index in [1.54, 1.807) is 12.1 Å². The van der Waals surface area contributed by atoms with E-state index in [4.69, 9.17) is 5.73 Å². The smallest absolute Gasteiger partial charge is 0.246 e. The van der Waals surface area contributed by atoms with Crippen LogP contribution in [0.2, 0.25) is 0 Å². The van der Waals surface area contributed by atoms with E-state index in [9.17, 15) is 18.0 Å². The Kier molecular flexibility index (Phi) is 5.64. The highest BCUT2D eigenvalue weighted by atomic mass is 19.1. The summed E-state index contributed by atoms with van der Waals surface area (Å²) in [4.78, 5) is 13.3. The molecule has 30 heavy (non-hydrogen) atoms. The van der Waals surface area contributed by atoms with Crippen molar-refractivity contribution in [2.24, 2.45) is 16.8 Å². The minimum Gasteiger partial charge on any atom is -0.328 e. The third-order valence-corrected chi connectivity index (χ3v) is 6.11. The van der Waals surface area contributed by atoms with Crippen molar-refractivity contribution >= 4 is 11.6 Å². The molecule has 7 heteroatoms. The highest BCUT2D eigenvalue weighted by Crippen LogP contribution is 2.45. The molecule has 1 aliphatic heterocycles. The van der Waals surface area contributed by atoms with Crippen LogP contribution in [0.25, 0.3) is 0 Å². The first kappa shape index (κ1) is 20.6. The summed E-state index contributed by atoms with van der Waals surface area (Å²) in [5.41, 5.74) is 5.35. The van der Waals surface area contributed by atoms with Crippen molar-refractivity contribution in [2.75, 3.05) is 6.54 Å². The van der Waals surface area contributed by atoms with Gasteiger partial charge in [0.2, 0.25) is 5.91 Å². The molecule has 4 nitrogen and oxygen atoms in total. The molecule has 2 atom stereocenters. The summed E-state index contributed by atoms with van der Waals surface area (Å²) in [6, 6.07) is 12.2. The van der Waals surface area contributed by atoms with Gasteiger partial charge in [0.15, 0.2) is 0 Å². The number of carbonyl (C=O) groups excluding carboxylic acids is 1. The van der Waals surface area contributed by atoms with Crippen molar-refractivity contribution in [2.45, 2.75) is 43.8 Å². The number of nitrogens with two attached hydrogens (primary N) is 1. The molecular weight excluding hydrogens is 391 g/mol. The Balaban J connectivity index is 1.84.